The first-order valence-electron chi connectivity index (χ1n) is 2.63. The molecule has 0 heterocycles. The van der Waals surface area contributed by atoms with Gasteiger partial charge in [-0.3, -0.25) is 0 Å². The quantitative estimate of drug-likeness (QED) is 0.184. The van der Waals surface area contributed by atoms with E-state index in [0.29, 0.717) is 0 Å². The van der Waals surface area contributed by atoms with Crippen LogP contribution in [0, 0.1) is 10.7 Å². The Bertz CT molecular complexity index is 232. The lowest BCUT2D eigenvalue weighted by molar-refractivity contribution is 1.40. The Labute approximate surface area is 137 Å². The lowest BCUT2D eigenvalue weighted by atomic mass is 10.4. The molecule has 1 aromatic carbocycles. The molecule has 0 bridgehead atoms. The second-order valence-corrected chi connectivity index (χ2v) is 7.50. The Morgan fingerprint density at radius 2 is 0.917 bits per heavy atom. The average Bonchev–Trinajstić information content (AvgIpc) is 2.08. The van der Waals surface area contributed by atoms with E-state index in [1.807, 2.05) is 0 Å². The second-order valence-electron chi connectivity index (χ2n) is 1.88. The summed E-state index contributed by atoms with van der Waals surface area (Å²) in [5, 5.41) is 0. The first-order chi connectivity index (χ1) is 5.46. The highest BCUT2D eigenvalue weighted by Crippen LogP contribution is 2.40. The fraction of sp³-hybridized carbons (Fsp3) is 0. The average molecular weight is 692 g/mol. The third-order valence-electron chi connectivity index (χ3n) is 1.16. The maximum Gasteiger partial charge on any atom is 0.0481 e. The number of hydrogen-bond donors (Lipinski definition) is 0. The summed E-state index contributed by atoms with van der Waals surface area (Å²) in [6, 6.07) is 0. The monoisotopic (exact) mass is 689 g/mol. The molecular weight excluding hydrogens is 692 g/mol. The molecule has 0 atom stereocenters. The number of rotatable bonds is 0. The summed E-state index contributed by atoms with van der Waals surface area (Å²) in [4.78, 5) is 0. The molecule has 0 amide bonds. The third kappa shape index (κ3) is 2.50. The molecule has 0 unspecified atom stereocenters. The van der Waals surface area contributed by atoms with Gasteiger partial charge >= 0.3 is 0 Å². The van der Waals surface area contributed by atoms with Crippen molar-refractivity contribution in [2.75, 3.05) is 0 Å². The molecule has 0 nitrogen and oxygen atoms in total. The van der Waals surface area contributed by atoms with Crippen molar-refractivity contribution in [3.8, 4) is 0 Å². The van der Waals surface area contributed by atoms with Crippen LogP contribution in [0.3, 0.4) is 0 Å². The maximum absolute atomic E-state index is 3.52. The zero-order chi connectivity index (χ0) is 9.46. The zero-order valence-electron chi connectivity index (χ0n) is 5.27. The summed E-state index contributed by atoms with van der Waals surface area (Å²) in [6.07, 6.45) is 0. The van der Waals surface area contributed by atoms with Gasteiger partial charge in [-0.15, -0.1) is 0 Å². The van der Waals surface area contributed by atoms with Gasteiger partial charge in [0.2, 0.25) is 0 Å². The maximum atomic E-state index is 3.52. The van der Waals surface area contributed by atoms with Crippen molar-refractivity contribution in [1.29, 1.82) is 0 Å². The van der Waals surface area contributed by atoms with Gasteiger partial charge in [-0.05, 0) is 116 Å². The van der Waals surface area contributed by atoms with Crippen LogP contribution >= 0.6 is 116 Å². The molecule has 0 aromatic heterocycles. The summed E-state index contributed by atoms with van der Waals surface area (Å²) >= 11 is 17.5. The van der Waals surface area contributed by atoms with Crippen LogP contribution in [0.25, 0.3) is 0 Å². The molecule has 6 heteroatoms. The van der Waals surface area contributed by atoms with Gasteiger partial charge in [0.1, 0.15) is 0 Å². The summed E-state index contributed by atoms with van der Waals surface area (Å²) in [5.41, 5.74) is 0. The van der Waals surface area contributed by atoms with Crippen LogP contribution in [0.5, 0.6) is 0 Å². The summed E-state index contributed by atoms with van der Waals surface area (Å²) in [5.74, 6) is 0. The topological polar surface area (TPSA) is 0 Å². The molecule has 0 saturated carbocycles. The Kier molecular flexibility index (Phi) is 5.66. The van der Waals surface area contributed by atoms with Gasteiger partial charge in [-0.25, -0.2) is 0 Å². The molecule has 0 fully saturated rings. The van der Waals surface area contributed by atoms with Crippen molar-refractivity contribution in [2.45, 2.75) is 0 Å². The second kappa shape index (κ2) is 5.26. The molecule has 1 aromatic rings. The standard InChI is InChI=1S/C6Br3I3/c7-1-2(8)4(10)6(12)5(11)3(1)9. The highest BCUT2D eigenvalue weighted by Gasteiger charge is 2.14. The Balaban J connectivity index is 3.60. The van der Waals surface area contributed by atoms with Crippen LogP contribution in [0.15, 0.2) is 13.4 Å². The van der Waals surface area contributed by atoms with Gasteiger partial charge in [0.05, 0.1) is 0 Å². The van der Waals surface area contributed by atoms with E-state index < -0.39 is 0 Å². The largest absolute Gasteiger partial charge is 0.0484 e. The molecule has 1 rings (SSSR count). The molecular formula is C6Br3I3. The first kappa shape index (κ1) is 12.9. The van der Waals surface area contributed by atoms with Crippen LogP contribution < -0.4 is 0 Å². The van der Waals surface area contributed by atoms with E-state index in [-0.39, 0.29) is 0 Å². The van der Waals surface area contributed by atoms with Crippen LogP contribution in [-0.2, 0) is 0 Å². The minimum absolute atomic E-state index is 1.08. The number of benzene rings is 1. The van der Waals surface area contributed by atoms with E-state index in [1.54, 1.807) is 0 Å². The molecule has 66 valence electrons. The normalized spacial score (nSPS) is 10.5. The van der Waals surface area contributed by atoms with Gasteiger partial charge in [0.15, 0.2) is 0 Å². The minimum atomic E-state index is 1.08. The number of hydrogen-bond acceptors (Lipinski definition) is 0. The van der Waals surface area contributed by atoms with Crippen LogP contribution in [0.1, 0.15) is 0 Å². The number of halogens is 6. The molecule has 0 spiro atoms. The smallest absolute Gasteiger partial charge is 0.0481 e. The highest BCUT2D eigenvalue weighted by molar-refractivity contribution is 14.1. The van der Waals surface area contributed by atoms with E-state index in [9.17, 15) is 0 Å². The van der Waals surface area contributed by atoms with Crippen molar-refractivity contribution in [3.05, 3.63) is 24.1 Å². The molecule has 0 aliphatic heterocycles. The third-order valence-corrected chi connectivity index (χ3v) is 11.4. The van der Waals surface area contributed by atoms with Gasteiger partial charge < -0.3 is 0 Å². The van der Waals surface area contributed by atoms with E-state index in [4.69, 9.17) is 0 Å². The van der Waals surface area contributed by atoms with E-state index in [0.717, 1.165) is 13.4 Å². The van der Waals surface area contributed by atoms with Crippen LogP contribution in [0.4, 0.5) is 0 Å². The van der Waals surface area contributed by atoms with Gasteiger partial charge in [0, 0.05) is 24.1 Å². The molecule has 0 N–H and O–H groups in total. The van der Waals surface area contributed by atoms with E-state index in [2.05, 4.69) is 116 Å². The predicted molar refractivity (Wildman–Crippen MR) is 87.7 cm³/mol. The summed E-state index contributed by atoms with van der Waals surface area (Å²) < 4.78 is 7.06. The lowest BCUT2D eigenvalue weighted by Gasteiger charge is -2.08. The van der Waals surface area contributed by atoms with Gasteiger partial charge in [0.25, 0.3) is 0 Å². The van der Waals surface area contributed by atoms with Crippen molar-refractivity contribution in [3.63, 3.8) is 0 Å². The van der Waals surface area contributed by atoms with Crippen molar-refractivity contribution >= 4 is 116 Å². The van der Waals surface area contributed by atoms with Gasteiger partial charge in [-0.2, -0.15) is 0 Å². The molecule has 0 aliphatic carbocycles. The molecule has 0 aliphatic rings. The van der Waals surface area contributed by atoms with Crippen LogP contribution in [-0.4, -0.2) is 0 Å². The lowest BCUT2D eigenvalue weighted by Crippen LogP contribution is -1.90. The summed E-state index contributed by atoms with van der Waals surface area (Å²) in [7, 11) is 0. The fourth-order valence-electron chi connectivity index (χ4n) is 0.578. The van der Waals surface area contributed by atoms with Gasteiger partial charge in [-0.1, -0.05) is 0 Å². The fourth-order valence-corrected chi connectivity index (χ4v) is 5.65. The molecule has 0 saturated heterocycles. The zero-order valence-corrected chi connectivity index (χ0v) is 16.5. The molecule has 0 radical (unpaired) electrons. The van der Waals surface area contributed by atoms with E-state index >= 15 is 0 Å². The van der Waals surface area contributed by atoms with Crippen molar-refractivity contribution in [1.82, 2.24) is 0 Å². The Morgan fingerprint density at radius 3 is 1.25 bits per heavy atom. The van der Waals surface area contributed by atoms with Crippen molar-refractivity contribution < 1.29 is 0 Å². The minimum Gasteiger partial charge on any atom is -0.0484 e. The SMILES string of the molecule is Brc1c(Br)c(I)c(I)c(I)c1Br. The Morgan fingerprint density at radius 1 is 0.583 bits per heavy atom. The van der Waals surface area contributed by atoms with Crippen LogP contribution in [0.2, 0.25) is 0 Å². The van der Waals surface area contributed by atoms with Crippen molar-refractivity contribution in [2.24, 2.45) is 0 Å². The summed E-state index contributed by atoms with van der Waals surface area (Å²) in [6.45, 7) is 0. The molecule has 12 heavy (non-hydrogen) atoms. The Hall–Kier alpha value is 2.85. The highest BCUT2D eigenvalue weighted by atomic mass is 127. The predicted octanol–water partition coefficient (Wildman–Crippen LogP) is 5.79. The van der Waals surface area contributed by atoms with E-state index in [1.165, 1.54) is 10.7 Å². The first-order valence-corrected chi connectivity index (χ1v) is 8.25.